The number of aryl methyl sites for hydroxylation is 1. The van der Waals surface area contributed by atoms with Crippen LogP contribution in [0.4, 0.5) is 0 Å². The minimum Gasteiger partial charge on any atom is -0.481 e. The number of fused-ring (bicyclic) bond motifs is 1. The maximum absolute atomic E-state index is 10.3. The molecule has 1 aromatic carbocycles. The highest BCUT2D eigenvalue weighted by molar-refractivity contribution is 5.66. The van der Waals surface area contributed by atoms with Crippen LogP contribution < -0.4 is 0 Å². The second-order valence-electron chi connectivity index (χ2n) is 4.80. The van der Waals surface area contributed by atoms with Crippen molar-refractivity contribution in [3.8, 4) is 0 Å². The Morgan fingerprint density at radius 2 is 2.11 bits per heavy atom. The number of carbonyl (C=O) groups is 1. The van der Waals surface area contributed by atoms with Crippen LogP contribution in [0.2, 0.25) is 0 Å². The van der Waals surface area contributed by atoms with Crippen LogP contribution in [0.5, 0.6) is 0 Å². The molecule has 2 rings (SSSR count). The van der Waals surface area contributed by atoms with Crippen molar-refractivity contribution in [1.29, 1.82) is 0 Å². The molecule has 0 amide bonds. The van der Waals surface area contributed by atoms with Crippen LogP contribution in [0.3, 0.4) is 0 Å². The molecular weight excluding hydrogens is 228 g/mol. The summed E-state index contributed by atoms with van der Waals surface area (Å²) in [6.45, 7) is 0.735. The SMILES string of the molecule is O=C(O)CCCCCOC1CCc2ccccc21. The number of benzene rings is 1. The van der Waals surface area contributed by atoms with Crippen LogP contribution in [0.1, 0.15) is 49.3 Å². The minimum absolute atomic E-state index is 0.251. The Labute approximate surface area is 108 Å². The second-order valence-corrected chi connectivity index (χ2v) is 4.80. The molecule has 0 aromatic heterocycles. The highest BCUT2D eigenvalue weighted by Gasteiger charge is 2.21. The molecule has 18 heavy (non-hydrogen) atoms. The monoisotopic (exact) mass is 248 g/mol. The fraction of sp³-hybridized carbons (Fsp3) is 0.533. The molecule has 1 atom stereocenters. The van der Waals surface area contributed by atoms with Gasteiger partial charge < -0.3 is 9.84 Å². The van der Waals surface area contributed by atoms with Crippen molar-refractivity contribution in [1.82, 2.24) is 0 Å². The van der Waals surface area contributed by atoms with Crippen LogP contribution in [0, 0.1) is 0 Å². The number of carboxylic acid groups (broad SMARTS) is 1. The van der Waals surface area contributed by atoms with E-state index in [-0.39, 0.29) is 12.5 Å². The lowest BCUT2D eigenvalue weighted by Crippen LogP contribution is -2.02. The van der Waals surface area contributed by atoms with E-state index in [1.165, 1.54) is 11.1 Å². The normalized spacial score (nSPS) is 17.7. The largest absolute Gasteiger partial charge is 0.481 e. The molecule has 0 saturated carbocycles. The number of aliphatic carboxylic acids is 1. The van der Waals surface area contributed by atoms with Gasteiger partial charge in [-0.05, 0) is 36.8 Å². The van der Waals surface area contributed by atoms with Gasteiger partial charge in [-0.25, -0.2) is 0 Å². The molecule has 1 aromatic rings. The zero-order valence-corrected chi connectivity index (χ0v) is 10.6. The van der Waals surface area contributed by atoms with Crippen molar-refractivity contribution < 1.29 is 14.6 Å². The lowest BCUT2D eigenvalue weighted by molar-refractivity contribution is -0.137. The highest BCUT2D eigenvalue weighted by Crippen LogP contribution is 2.33. The Bertz CT molecular complexity index is 400. The molecule has 0 saturated heterocycles. The van der Waals surface area contributed by atoms with Gasteiger partial charge in [-0.1, -0.05) is 30.7 Å². The Hall–Kier alpha value is -1.35. The topological polar surface area (TPSA) is 46.5 Å². The summed E-state index contributed by atoms with van der Waals surface area (Å²) in [6.07, 6.45) is 5.34. The molecule has 0 bridgehead atoms. The summed E-state index contributed by atoms with van der Waals surface area (Å²) in [4.78, 5) is 10.3. The first-order chi connectivity index (χ1) is 8.77. The maximum Gasteiger partial charge on any atom is 0.303 e. The number of ether oxygens (including phenoxy) is 1. The minimum atomic E-state index is -0.708. The third kappa shape index (κ3) is 3.57. The molecule has 1 aliphatic carbocycles. The fourth-order valence-electron chi connectivity index (χ4n) is 2.47. The molecule has 0 spiro atoms. The van der Waals surface area contributed by atoms with E-state index in [9.17, 15) is 4.79 Å². The van der Waals surface area contributed by atoms with Crippen molar-refractivity contribution >= 4 is 5.97 Å². The van der Waals surface area contributed by atoms with E-state index < -0.39 is 5.97 Å². The van der Waals surface area contributed by atoms with Gasteiger partial charge in [-0.15, -0.1) is 0 Å². The Kier molecular flexibility index (Phi) is 4.76. The van der Waals surface area contributed by atoms with Crippen molar-refractivity contribution in [3.63, 3.8) is 0 Å². The molecule has 1 aliphatic rings. The van der Waals surface area contributed by atoms with Gasteiger partial charge in [0.05, 0.1) is 6.10 Å². The first kappa shape index (κ1) is 13.1. The quantitative estimate of drug-likeness (QED) is 0.753. The van der Waals surface area contributed by atoms with Gasteiger partial charge in [-0.2, -0.15) is 0 Å². The predicted molar refractivity (Wildman–Crippen MR) is 69.6 cm³/mol. The number of unbranched alkanes of at least 4 members (excludes halogenated alkanes) is 2. The van der Waals surface area contributed by atoms with E-state index in [1.807, 2.05) is 0 Å². The number of rotatable bonds is 7. The first-order valence-corrected chi connectivity index (χ1v) is 6.68. The third-order valence-electron chi connectivity index (χ3n) is 3.43. The van der Waals surface area contributed by atoms with Gasteiger partial charge in [0.2, 0.25) is 0 Å². The van der Waals surface area contributed by atoms with Gasteiger partial charge in [0, 0.05) is 13.0 Å². The van der Waals surface area contributed by atoms with Crippen molar-refractivity contribution in [2.45, 2.75) is 44.6 Å². The van der Waals surface area contributed by atoms with Gasteiger partial charge in [-0.3, -0.25) is 4.79 Å². The molecule has 98 valence electrons. The van der Waals surface area contributed by atoms with E-state index in [1.54, 1.807) is 0 Å². The summed E-state index contributed by atoms with van der Waals surface area (Å²) in [5, 5.41) is 8.52. The molecule has 0 heterocycles. The molecular formula is C15H20O3. The summed E-state index contributed by atoms with van der Waals surface area (Å²) in [5.74, 6) is -0.708. The molecule has 0 fully saturated rings. The van der Waals surface area contributed by atoms with E-state index in [0.717, 1.165) is 38.7 Å². The lowest BCUT2D eigenvalue weighted by atomic mass is 10.1. The Balaban J connectivity index is 1.65. The summed E-state index contributed by atoms with van der Waals surface area (Å²) >= 11 is 0. The van der Waals surface area contributed by atoms with Gasteiger partial charge in [0.1, 0.15) is 0 Å². The van der Waals surface area contributed by atoms with Crippen LogP contribution >= 0.6 is 0 Å². The van der Waals surface area contributed by atoms with Gasteiger partial charge >= 0.3 is 5.97 Å². The number of hydrogen-bond acceptors (Lipinski definition) is 2. The average Bonchev–Trinajstić information content (AvgIpc) is 2.77. The summed E-state index contributed by atoms with van der Waals surface area (Å²) in [5.41, 5.74) is 2.75. The van der Waals surface area contributed by atoms with Crippen LogP contribution in [0.15, 0.2) is 24.3 Å². The van der Waals surface area contributed by atoms with Crippen LogP contribution in [-0.2, 0) is 16.0 Å². The summed E-state index contributed by atoms with van der Waals surface area (Å²) < 4.78 is 5.89. The van der Waals surface area contributed by atoms with E-state index in [2.05, 4.69) is 24.3 Å². The van der Waals surface area contributed by atoms with Crippen LogP contribution in [0.25, 0.3) is 0 Å². The smallest absolute Gasteiger partial charge is 0.303 e. The molecule has 0 aliphatic heterocycles. The summed E-state index contributed by atoms with van der Waals surface area (Å²) in [7, 11) is 0. The Morgan fingerprint density at radius 1 is 1.28 bits per heavy atom. The molecule has 0 radical (unpaired) electrons. The maximum atomic E-state index is 10.3. The standard InChI is InChI=1S/C15H20O3/c16-15(17)8-2-1-5-11-18-14-10-9-12-6-3-4-7-13(12)14/h3-4,6-7,14H,1-2,5,8-11H2,(H,16,17). The average molecular weight is 248 g/mol. The van der Waals surface area contributed by atoms with Crippen molar-refractivity contribution in [2.75, 3.05) is 6.61 Å². The van der Waals surface area contributed by atoms with Gasteiger partial charge in [0.25, 0.3) is 0 Å². The highest BCUT2D eigenvalue weighted by atomic mass is 16.5. The summed E-state index contributed by atoms with van der Waals surface area (Å²) in [6, 6.07) is 8.46. The molecule has 3 heteroatoms. The number of carboxylic acids is 1. The molecule has 1 N–H and O–H groups in total. The van der Waals surface area contributed by atoms with Crippen molar-refractivity contribution in [2.24, 2.45) is 0 Å². The Morgan fingerprint density at radius 3 is 2.94 bits per heavy atom. The van der Waals surface area contributed by atoms with E-state index >= 15 is 0 Å². The zero-order chi connectivity index (χ0) is 12.8. The molecule has 1 unspecified atom stereocenters. The van der Waals surface area contributed by atoms with Gasteiger partial charge in [0.15, 0.2) is 0 Å². The predicted octanol–water partition coefficient (Wildman–Crippen LogP) is 3.34. The third-order valence-corrected chi connectivity index (χ3v) is 3.43. The number of hydrogen-bond donors (Lipinski definition) is 1. The van der Waals surface area contributed by atoms with Crippen molar-refractivity contribution in [3.05, 3.63) is 35.4 Å². The lowest BCUT2D eigenvalue weighted by Gasteiger charge is -2.12. The first-order valence-electron chi connectivity index (χ1n) is 6.68. The fourth-order valence-corrected chi connectivity index (χ4v) is 2.47. The zero-order valence-electron chi connectivity index (χ0n) is 10.6. The second kappa shape index (κ2) is 6.55. The molecule has 3 nitrogen and oxygen atoms in total. The van der Waals surface area contributed by atoms with E-state index in [0.29, 0.717) is 0 Å². The van der Waals surface area contributed by atoms with Crippen LogP contribution in [-0.4, -0.2) is 17.7 Å². The van der Waals surface area contributed by atoms with E-state index in [4.69, 9.17) is 9.84 Å².